The zero-order chi connectivity index (χ0) is 20.5. The molecular formula is C23H32O5. The quantitative estimate of drug-likeness (QED) is 0.771. The summed E-state index contributed by atoms with van der Waals surface area (Å²) in [5, 5.41) is 20.9. The molecule has 0 amide bonds. The van der Waals surface area contributed by atoms with Gasteiger partial charge in [-0.15, -0.1) is 0 Å². The van der Waals surface area contributed by atoms with Crippen LogP contribution in [0.5, 0.6) is 0 Å². The highest BCUT2D eigenvalue weighted by Crippen LogP contribution is 2.69. The van der Waals surface area contributed by atoms with Gasteiger partial charge in [0.1, 0.15) is 5.60 Å². The first-order valence-electron chi connectivity index (χ1n) is 10.7. The first-order chi connectivity index (χ1) is 13.0. The smallest absolute Gasteiger partial charge is 0.303 e. The third-order valence-electron chi connectivity index (χ3n) is 9.31. The maximum atomic E-state index is 12.4. The molecule has 0 aromatic heterocycles. The molecule has 3 fully saturated rings. The van der Waals surface area contributed by atoms with E-state index in [0.29, 0.717) is 25.2 Å². The molecule has 1 unspecified atom stereocenters. The zero-order valence-corrected chi connectivity index (χ0v) is 17.2. The van der Waals surface area contributed by atoms with Gasteiger partial charge in [-0.05, 0) is 80.6 Å². The fourth-order valence-corrected chi connectivity index (χ4v) is 7.73. The number of hydrogen-bond acceptors (Lipinski definition) is 4. The molecule has 7 atom stereocenters. The maximum Gasteiger partial charge on any atom is 0.303 e. The summed E-state index contributed by atoms with van der Waals surface area (Å²) in [6.45, 7) is 5.80. The Labute approximate surface area is 166 Å². The first kappa shape index (κ1) is 19.8. The van der Waals surface area contributed by atoms with E-state index in [2.05, 4.69) is 13.8 Å². The Bertz CT molecular complexity index is 769. The second-order valence-corrected chi connectivity index (χ2v) is 10.3. The predicted octanol–water partition coefficient (Wildman–Crippen LogP) is 3.54. The number of allylic oxidation sites excluding steroid dienone is 1. The van der Waals surface area contributed by atoms with Crippen molar-refractivity contribution in [2.45, 2.75) is 77.7 Å². The lowest BCUT2D eigenvalue weighted by molar-refractivity contribution is -0.165. The molecule has 0 aliphatic heterocycles. The van der Waals surface area contributed by atoms with Crippen LogP contribution in [-0.2, 0) is 14.4 Å². The van der Waals surface area contributed by atoms with E-state index in [0.717, 1.165) is 31.3 Å². The van der Waals surface area contributed by atoms with Crippen molar-refractivity contribution >= 4 is 17.5 Å². The average Bonchev–Trinajstić information content (AvgIpc) is 2.89. The minimum Gasteiger partial charge on any atom is -0.481 e. The number of hydrogen-bond donors (Lipinski definition) is 2. The molecule has 4 aliphatic carbocycles. The largest absolute Gasteiger partial charge is 0.481 e. The molecule has 0 aromatic rings. The van der Waals surface area contributed by atoms with Crippen LogP contribution >= 0.6 is 0 Å². The molecule has 0 heterocycles. The number of carbonyl (C=O) groups is 3. The van der Waals surface area contributed by atoms with Crippen LogP contribution in [0.1, 0.15) is 72.1 Å². The van der Waals surface area contributed by atoms with E-state index >= 15 is 0 Å². The fraction of sp³-hybridized carbons (Fsp3) is 0.783. The van der Waals surface area contributed by atoms with Crippen LogP contribution < -0.4 is 0 Å². The molecule has 0 saturated heterocycles. The summed E-state index contributed by atoms with van der Waals surface area (Å²) in [7, 11) is 0. The van der Waals surface area contributed by atoms with Crippen LogP contribution in [0, 0.1) is 34.5 Å². The summed E-state index contributed by atoms with van der Waals surface area (Å²) in [4.78, 5) is 36.1. The first-order valence-corrected chi connectivity index (χ1v) is 10.7. The molecule has 3 saturated carbocycles. The molecule has 28 heavy (non-hydrogen) atoms. The Kier molecular flexibility index (Phi) is 4.42. The number of aliphatic carboxylic acids is 1. The Morgan fingerprint density at radius 3 is 2.46 bits per heavy atom. The lowest BCUT2D eigenvalue weighted by Gasteiger charge is -2.61. The maximum absolute atomic E-state index is 12.4. The van der Waals surface area contributed by atoms with E-state index in [1.165, 1.54) is 6.92 Å². The topological polar surface area (TPSA) is 91.7 Å². The molecule has 0 radical (unpaired) electrons. The van der Waals surface area contributed by atoms with Crippen molar-refractivity contribution in [2.24, 2.45) is 34.5 Å². The highest BCUT2D eigenvalue weighted by atomic mass is 16.4. The summed E-state index contributed by atoms with van der Waals surface area (Å²) in [6, 6.07) is 0. The van der Waals surface area contributed by atoms with Gasteiger partial charge >= 0.3 is 5.97 Å². The van der Waals surface area contributed by atoms with Crippen molar-refractivity contribution in [1.82, 2.24) is 0 Å². The normalized spacial score (nSPS) is 47.6. The number of fused-ring (bicyclic) bond motifs is 5. The minimum atomic E-state index is -1.30. The van der Waals surface area contributed by atoms with Crippen molar-refractivity contribution in [2.75, 3.05) is 0 Å². The van der Waals surface area contributed by atoms with Gasteiger partial charge in [-0.25, -0.2) is 0 Å². The monoisotopic (exact) mass is 388 g/mol. The second kappa shape index (κ2) is 6.25. The zero-order valence-electron chi connectivity index (χ0n) is 17.2. The van der Waals surface area contributed by atoms with E-state index in [-0.39, 0.29) is 41.2 Å². The highest BCUT2D eigenvalue weighted by Gasteiger charge is 2.67. The summed E-state index contributed by atoms with van der Waals surface area (Å²) >= 11 is 0. The van der Waals surface area contributed by atoms with E-state index in [4.69, 9.17) is 0 Å². The predicted molar refractivity (Wildman–Crippen MR) is 103 cm³/mol. The van der Waals surface area contributed by atoms with Gasteiger partial charge in [-0.2, -0.15) is 0 Å². The van der Waals surface area contributed by atoms with E-state index in [1.54, 1.807) is 6.08 Å². The summed E-state index contributed by atoms with van der Waals surface area (Å²) in [5.41, 5.74) is -0.708. The van der Waals surface area contributed by atoms with Crippen molar-refractivity contribution < 1.29 is 24.6 Å². The van der Waals surface area contributed by atoms with Crippen molar-refractivity contribution in [3.05, 3.63) is 11.6 Å². The Balaban J connectivity index is 1.78. The van der Waals surface area contributed by atoms with Crippen LogP contribution in [0.15, 0.2) is 11.6 Å². The van der Waals surface area contributed by atoms with Crippen LogP contribution in [0.25, 0.3) is 0 Å². The molecule has 2 N–H and O–H groups in total. The molecular weight excluding hydrogens is 356 g/mol. The number of carboxylic acid groups (broad SMARTS) is 1. The SMILES string of the molecule is CC(=O)[C@@]1(O)CC[C@H]2[C@@H]3C(CC(=O)O)CC4=CC(=O)CC[C@]4(C)[C@H]3CC[C@@]21C. The van der Waals surface area contributed by atoms with E-state index in [1.807, 2.05) is 0 Å². The van der Waals surface area contributed by atoms with Crippen molar-refractivity contribution in [3.8, 4) is 0 Å². The fourth-order valence-electron chi connectivity index (χ4n) is 7.73. The molecule has 154 valence electrons. The van der Waals surface area contributed by atoms with Gasteiger partial charge in [-0.1, -0.05) is 19.4 Å². The lowest BCUT2D eigenvalue weighted by Crippen LogP contribution is -2.58. The number of carboxylic acids is 1. The lowest BCUT2D eigenvalue weighted by atomic mass is 9.43. The van der Waals surface area contributed by atoms with E-state index in [9.17, 15) is 24.6 Å². The number of carbonyl (C=O) groups excluding carboxylic acids is 2. The van der Waals surface area contributed by atoms with Gasteiger partial charge < -0.3 is 10.2 Å². The number of ketones is 2. The summed E-state index contributed by atoms with van der Waals surface area (Å²) in [6.07, 6.45) is 6.85. The van der Waals surface area contributed by atoms with Gasteiger partial charge in [0, 0.05) is 18.3 Å². The number of rotatable bonds is 3. The standard InChI is InChI=1S/C23H32O5/c1-13(24)23(28)9-6-18-20-14(11-19(26)27)10-15-12-16(25)4-7-21(15,2)17(20)5-8-22(18,23)3/h12,14,17-18,20,28H,4-11H2,1-3H3,(H,26,27)/t14?,17-,18-,20+,21-,22-,23-/m0/s1. The second-order valence-electron chi connectivity index (χ2n) is 10.3. The average molecular weight is 389 g/mol. The molecule has 4 rings (SSSR count). The third kappa shape index (κ3) is 2.51. The molecule has 0 spiro atoms. The molecule has 0 aromatic carbocycles. The van der Waals surface area contributed by atoms with Crippen LogP contribution in [0.3, 0.4) is 0 Å². The van der Waals surface area contributed by atoms with Gasteiger partial charge in [-0.3, -0.25) is 14.4 Å². The molecule has 5 heteroatoms. The Hall–Kier alpha value is -1.49. The Morgan fingerprint density at radius 2 is 1.82 bits per heavy atom. The third-order valence-corrected chi connectivity index (χ3v) is 9.31. The summed E-state index contributed by atoms with van der Waals surface area (Å²) < 4.78 is 0. The van der Waals surface area contributed by atoms with Crippen molar-refractivity contribution in [3.63, 3.8) is 0 Å². The molecule has 5 nitrogen and oxygen atoms in total. The summed E-state index contributed by atoms with van der Waals surface area (Å²) in [5.74, 6) is -0.186. The molecule has 4 aliphatic rings. The van der Waals surface area contributed by atoms with E-state index < -0.39 is 17.0 Å². The van der Waals surface area contributed by atoms with Gasteiger partial charge in [0.25, 0.3) is 0 Å². The highest BCUT2D eigenvalue weighted by molar-refractivity contribution is 5.91. The van der Waals surface area contributed by atoms with Gasteiger partial charge in [0.2, 0.25) is 0 Å². The Morgan fingerprint density at radius 1 is 1.14 bits per heavy atom. The van der Waals surface area contributed by atoms with Gasteiger partial charge in [0.05, 0.1) is 0 Å². The molecule has 0 bridgehead atoms. The number of Topliss-reactive ketones (excluding diaryl/α,β-unsaturated/α-hetero) is 1. The van der Waals surface area contributed by atoms with Gasteiger partial charge in [0.15, 0.2) is 11.6 Å². The van der Waals surface area contributed by atoms with Crippen LogP contribution in [0.2, 0.25) is 0 Å². The number of aliphatic hydroxyl groups is 1. The van der Waals surface area contributed by atoms with Crippen LogP contribution in [0.4, 0.5) is 0 Å². The van der Waals surface area contributed by atoms with Crippen LogP contribution in [-0.4, -0.2) is 33.3 Å². The van der Waals surface area contributed by atoms with Crippen molar-refractivity contribution in [1.29, 1.82) is 0 Å². The minimum absolute atomic E-state index is 0.0355.